The van der Waals surface area contributed by atoms with Gasteiger partial charge in [-0.15, -0.1) is 0 Å². The number of para-hydroxylation sites is 1. The molecule has 6 atom stereocenters. The lowest BCUT2D eigenvalue weighted by Gasteiger charge is -2.25. The van der Waals surface area contributed by atoms with Crippen LogP contribution < -0.4 is 20.9 Å². The van der Waals surface area contributed by atoms with Crippen LogP contribution >= 0.6 is 7.75 Å². The molecule has 3 N–H and O–H groups in total. The van der Waals surface area contributed by atoms with E-state index in [4.69, 9.17) is 20.6 Å². The number of nitrogens with zero attached hydrogens (tertiary/aromatic N) is 1. The summed E-state index contributed by atoms with van der Waals surface area (Å²) in [5, 5.41) is 12.8. The second-order valence-corrected chi connectivity index (χ2v) is 9.05. The van der Waals surface area contributed by atoms with Gasteiger partial charge in [0.15, 0.2) is 11.9 Å². The van der Waals surface area contributed by atoms with Gasteiger partial charge in [-0.05, 0) is 25.9 Å². The van der Waals surface area contributed by atoms with Crippen LogP contribution in [0.3, 0.4) is 0 Å². The van der Waals surface area contributed by atoms with E-state index in [1.807, 2.05) is 4.98 Å². The van der Waals surface area contributed by atoms with Crippen molar-refractivity contribution in [2.75, 3.05) is 13.7 Å². The molecule has 1 aliphatic rings. The number of aliphatic hydroxyl groups excluding tert-OH is 1. The van der Waals surface area contributed by atoms with Crippen molar-refractivity contribution in [3.8, 4) is 5.75 Å². The number of esters is 1. The molecule has 1 aromatic carbocycles. The number of hydrogen-bond donors (Lipinski definition) is 3. The molecule has 0 amide bonds. The number of carbonyl (C=O) groups excluding carboxylic acids is 1. The summed E-state index contributed by atoms with van der Waals surface area (Å²) in [7, 11) is -3.82. The normalized spacial score (nSPS) is 29.1. The number of nitrogens with one attached hydrogen (secondary N) is 2. The second-order valence-electron chi connectivity index (χ2n) is 7.35. The molecular formula is C20H25FN3O9P. The summed E-state index contributed by atoms with van der Waals surface area (Å²) < 4.78 is 89.5. The summed E-state index contributed by atoms with van der Waals surface area (Å²) in [4.78, 5) is 37.4. The van der Waals surface area contributed by atoms with Crippen LogP contribution in [0.2, 0.25) is 0 Å². The fourth-order valence-electron chi connectivity index (χ4n) is 3.10. The molecule has 12 nitrogen and oxygen atoms in total. The maximum absolute atomic E-state index is 15.5. The van der Waals surface area contributed by atoms with Gasteiger partial charge >= 0.3 is 19.4 Å². The quantitative estimate of drug-likeness (QED) is 0.329. The molecule has 0 aliphatic carbocycles. The van der Waals surface area contributed by atoms with Gasteiger partial charge in [0.2, 0.25) is 0 Å². The minimum absolute atomic E-state index is 0.686. The number of rotatable bonds is 9. The zero-order chi connectivity index (χ0) is 29.4. The number of aromatic nitrogens is 2. The van der Waals surface area contributed by atoms with Crippen molar-refractivity contribution in [1.82, 2.24) is 14.6 Å². The molecule has 1 fully saturated rings. The van der Waals surface area contributed by atoms with Gasteiger partial charge in [-0.3, -0.25) is 23.7 Å². The number of H-pyrrole nitrogens is 1. The predicted octanol–water partition coefficient (Wildman–Crippen LogP) is 0.878. The Balaban J connectivity index is 1.93. The molecule has 14 heteroatoms. The third-order valence-corrected chi connectivity index (χ3v) is 6.44. The van der Waals surface area contributed by atoms with Gasteiger partial charge in [0.25, 0.3) is 5.56 Å². The molecule has 0 spiro atoms. The van der Waals surface area contributed by atoms with E-state index in [-0.39, 0.29) is 0 Å². The first-order valence-electron chi connectivity index (χ1n) is 12.2. The summed E-state index contributed by atoms with van der Waals surface area (Å²) in [5.41, 5.74) is -4.42. The smallest absolute Gasteiger partial charge is 0.459 e. The van der Waals surface area contributed by atoms with Crippen LogP contribution in [0.4, 0.5) is 4.39 Å². The maximum atomic E-state index is 15.5. The fraction of sp³-hybridized carbons (Fsp3) is 0.450. The SMILES string of the molecule is [2H]c1c([2H])c([2H])c(O[P@@](=O)(N[C@@H](C)C(=O)OC)OC[C@H]2O[C@@H](n3ccc(=O)[nH]c3=O)[C@](C)(F)[C@@H]2O)c([2H])c1[2H]. The first kappa shape index (κ1) is 19.5. The standard InChI is InChI=1S/C20H25FN3O9P/c1-12(17(27)30-3)23-34(29,33-13-7-5-4-6-8-13)31-11-14-16(26)20(2,21)18(32-14)24-10-9-15(25)22-19(24)28/h4-10,12,14,16,18,26H,11H2,1-3H3,(H,23,29)(H,22,25,28)/t12-,14+,16+,18+,20+,34+/m0/s1/i4D,5D,6D,7D,8D. The highest BCUT2D eigenvalue weighted by atomic mass is 31.2. The average molecular weight is 506 g/mol. The summed E-state index contributed by atoms with van der Waals surface area (Å²) >= 11 is 0. The molecule has 1 aromatic heterocycles. The first-order chi connectivity index (χ1) is 18.0. The van der Waals surface area contributed by atoms with Crippen LogP contribution in [-0.2, 0) is 23.4 Å². The van der Waals surface area contributed by atoms with E-state index in [1.165, 1.54) is 6.92 Å². The van der Waals surface area contributed by atoms with E-state index >= 15 is 4.39 Å². The van der Waals surface area contributed by atoms with Gasteiger partial charge in [0, 0.05) is 12.3 Å². The van der Waals surface area contributed by atoms with Crippen molar-refractivity contribution in [1.29, 1.82) is 0 Å². The Morgan fingerprint density at radius 3 is 2.74 bits per heavy atom. The highest BCUT2D eigenvalue weighted by Crippen LogP contribution is 2.47. The van der Waals surface area contributed by atoms with Crippen LogP contribution in [0.15, 0.2) is 52.1 Å². The molecule has 0 radical (unpaired) electrons. The van der Waals surface area contributed by atoms with Crippen molar-refractivity contribution in [2.45, 2.75) is 44.0 Å². The summed E-state index contributed by atoms with van der Waals surface area (Å²) in [6.07, 6.45) is -4.38. The number of benzene rings is 1. The fourth-order valence-corrected chi connectivity index (χ4v) is 4.53. The van der Waals surface area contributed by atoms with E-state index < -0.39 is 97.7 Å². The molecule has 2 heterocycles. The van der Waals surface area contributed by atoms with Crippen LogP contribution in [-0.4, -0.2) is 58.3 Å². The van der Waals surface area contributed by atoms with Crippen molar-refractivity contribution in [3.05, 3.63) is 63.3 Å². The van der Waals surface area contributed by atoms with Crippen LogP contribution in [0.5, 0.6) is 5.75 Å². The molecule has 3 rings (SSSR count). The van der Waals surface area contributed by atoms with E-state index in [1.54, 1.807) is 0 Å². The van der Waals surface area contributed by atoms with Gasteiger partial charge in [0.05, 0.1) is 20.6 Å². The zero-order valence-electron chi connectivity index (χ0n) is 23.2. The lowest BCUT2D eigenvalue weighted by atomic mass is 9.98. The summed E-state index contributed by atoms with van der Waals surface area (Å²) in [6, 6.07) is -4.56. The molecule has 1 saturated heterocycles. The Morgan fingerprint density at radius 2 is 2.12 bits per heavy atom. The minimum atomic E-state index is -4.85. The van der Waals surface area contributed by atoms with Crippen LogP contribution in [0.1, 0.15) is 26.9 Å². The molecule has 0 unspecified atom stereocenters. The van der Waals surface area contributed by atoms with Crippen LogP contribution in [0.25, 0.3) is 0 Å². The number of alkyl halides is 1. The second kappa shape index (κ2) is 10.2. The summed E-state index contributed by atoms with van der Waals surface area (Å²) in [5.74, 6) is -1.82. The van der Waals surface area contributed by atoms with Gasteiger partial charge in [0.1, 0.15) is 24.0 Å². The molecule has 0 bridgehead atoms. The number of halogens is 1. The van der Waals surface area contributed by atoms with E-state index in [0.717, 1.165) is 26.3 Å². The number of hydrogen-bond acceptors (Lipinski definition) is 9. The molecule has 186 valence electrons. The van der Waals surface area contributed by atoms with Crippen molar-refractivity contribution in [2.24, 2.45) is 0 Å². The Bertz CT molecular complexity index is 1410. The zero-order valence-corrected chi connectivity index (χ0v) is 19.1. The van der Waals surface area contributed by atoms with Crippen LogP contribution in [0, 0.1) is 0 Å². The Kier molecular flexibility index (Phi) is 5.84. The highest BCUT2D eigenvalue weighted by molar-refractivity contribution is 7.52. The molecular weight excluding hydrogens is 476 g/mol. The topological polar surface area (TPSA) is 158 Å². The third kappa shape index (κ3) is 5.62. The average Bonchev–Trinajstić information content (AvgIpc) is 3.10. The Morgan fingerprint density at radius 1 is 1.44 bits per heavy atom. The number of ether oxygens (including phenoxy) is 2. The van der Waals surface area contributed by atoms with Gasteiger partial charge < -0.3 is 19.1 Å². The molecule has 0 saturated carbocycles. The van der Waals surface area contributed by atoms with E-state index in [9.17, 15) is 24.1 Å². The van der Waals surface area contributed by atoms with Crippen molar-refractivity contribution >= 4 is 13.7 Å². The molecule has 2 aromatic rings. The van der Waals surface area contributed by atoms with Gasteiger partial charge in [-0.25, -0.2) is 13.8 Å². The Labute approximate surface area is 200 Å². The number of carbonyl (C=O) groups is 1. The summed E-state index contributed by atoms with van der Waals surface area (Å²) in [6.45, 7) is 1.22. The Hall–Kier alpha value is -2.83. The van der Waals surface area contributed by atoms with E-state index in [0.29, 0.717) is 4.57 Å². The van der Waals surface area contributed by atoms with E-state index in [2.05, 4.69) is 9.82 Å². The lowest BCUT2D eigenvalue weighted by molar-refractivity contribution is -0.142. The number of methoxy groups -OCH3 is 1. The lowest BCUT2D eigenvalue weighted by Crippen LogP contribution is -2.43. The van der Waals surface area contributed by atoms with Crippen molar-refractivity contribution in [3.63, 3.8) is 0 Å². The largest absolute Gasteiger partial charge is 0.468 e. The van der Waals surface area contributed by atoms with Gasteiger partial charge in [-0.2, -0.15) is 5.09 Å². The monoisotopic (exact) mass is 506 g/mol. The van der Waals surface area contributed by atoms with Crippen molar-refractivity contribution < 1.29 is 44.2 Å². The highest BCUT2D eigenvalue weighted by Gasteiger charge is 2.55. The first-order valence-corrected chi connectivity index (χ1v) is 11.3. The third-order valence-electron chi connectivity index (χ3n) is 4.82. The maximum Gasteiger partial charge on any atom is 0.459 e. The number of aromatic amines is 1. The number of aliphatic hydroxyl groups is 1. The molecule has 1 aliphatic heterocycles. The molecule has 34 heavy (non-hydrogen) atoms. The predicted molar refractivity (Wildman–Crippen MR) is 116 cm³/mol. The van der Waals surface area contributed by atoms with Gasteiger partial charge in [-0.1, -0.05) is 18.1 Å². The minimum Gasteiger partial charge on any atom is -0.468 e.